The molecule has 1 aromatic carbocycles. The predicted molar refractivity (Wildman–Crippen MR) is 97.8 cm³/mol. The van der Waals surface area contributed by atoms with Gasteiger partial charge in [0.1, 0.15) is 6.20 Å². The van der Waals surface area contributed by atoms with Crippen molar-refractivity contribution in [2.75, 3.05) is 16.2 Å². The quantitative estimate of drug-likeness (QED) is 0.357. The monoisotopic (exact) mass is 415 g/mol. The van der Waals surface area contributed by atoms with Crippen molar-refractivity contribution in [1.29, 1.82) is 0 Å². The Morgan fingerprint density at radius 2 is 1.93 bits per heavy atom. The van der Waals surface area contributed by atoms with E-state index in [1.807, 2.05) is 0 Å². The molecule has 1 aromatic heterocycles. The average Bonchev–Trinajstić information content (AvgIpc) is 3.07. The number of carbonyl (C=O) groups excluding carboxylic acids is 1. The van der Waals surface area contributed by atoms with Crippen LogP contribution in [0.3, 0.4) is 0 Å². The maximum absolute atomic E-state index is 11.9. The van der Waals surface area contributed by atoms with E-state index in [2.05, 4.69) is 10.3 Å². The molecule has 0 fully saturated rings. The van der Waals surface area contributed by atoms with Crippen LogP contribution in [0.1, 0.15) is 12.8 Å². The van der Waals surface area contributed by atoms with Gasteiger partial charge in [-0.15, -0.1) is 0 Å². The van der Waals surface area contributed by atoms with Gasteiger partial charge < -0.3 is 5.32 Å². The molecule has 1 amide bonds. The average molecular weight is 415 g/mol. The molecule has 14 heteroatoms. The van der Waals surface area contributed by atoms with Gasteiger partial charge >= 0.3 is 5.00 Å². The maximum atomic E-state index is 11.9. The van der Waals surface area contributed by atoms with E-state index in [0.29, 0.717) is 0 Å². The molecule has 144 valence electrons. The van der Waals surface area contributed by atoms with Gasteiger partial charge in [0.15, 0.2) is 5.13 Å². The Kier molecular flexibility index (Phi) is 6.86. The van der Waals surface area contributed by atoms with Crippen LogP contribution in [0, 0.1) is 20.2 Å². The number of hydrogen-bond acceptors (Lipinski definition) is 8. The number of nitro groups is 2. The van der Waals surface area contributed by atoms with E-state index in [1.165, 1.54) is 24.3 Å². The lowest BCUT2D eigenvalue weighted by Gasteiger charge is -2.19. The molecule has 1 atom stereocenters. The molecular weight excluding hydrogens is 402 g/mol. The molecule has 0 saturated carbocycles. The minimum atomic E-state index is -2.38. The van der Waals surface area contributed by atoms with Gasteiger partial charge in [-0.05, 0) is 29.9 Å². The van der Waals surface area contributed by atoms with Crippen LogP contribution in [0.5, 0.6) is 0 Å². The fourth-order valence-corrected chi connectivity index (χ4v) is 3.25. The van der Waals surface area contributed by atoms with Crippen molar-refractivity contribution in [2.24, 2.45) is 0 Å². The minimum absolute atomic E-state index is 0.0198. The molecule has 0 aliphatic heterocycles. The number of anilines is 2. The zero-order valence-corrected chi connectivity index (χ0v) is 15.1. The van der Waals surface area contributed by atoms with Gasteiger partial charge in [0, 0.05) is 25.1 Å². The molecule has 0 spiro atoms. The Labute approximate surface area is 158 Å². The van der Waals surface area contributed by atoms with Crippen LogP contribution in [0.15, 0.2) is 30.5 Å². The third-order valence-electron chi connectivity index (χ3n) is 3.22. The van der Waals surface area contributed by atoms with E-state index >= 15 is 0 Å². The van der Waals surface area contributed by atoms with Crippen LogP contribution in [0.2, 0.25) is 0 Å². The summed E-state index contributed by atoms with van der Waals surface area (Å²) in [5, 5.41) is 23.5. The Balaban J connectivity index is 1.89. The third kappa shape index (κ3) is 5.77. The highest BCUT2D eigenvalue weighted by atomic mass is 32.2. The lowest BCUT2D eigenvalue weighted by atomic mass is 10.2. The molecule has 0 saturated heterocycles. The number of nitro benzene ring substituents is 1. The molecule has 1 heterocycles. The van der Waals surface area contributed by atoms with Crippen molar-refractivity contribution in [1.82, 2.24) is 4.98 Å². The Bertz CT molecular complexity index is 870. The summed E-state index contributed by atoms with van der Waals surface area (Å²) in [4.78, 5) is 35.6. The highest BCUT2D eigenvalue weighted by Crippen LogP contribution is 2.25. The van der Waals surface area contributed by atoms with Gasteiger partial charge in [0.2, 0.25) is 5.91 Å². The molecule has 0 aliphatic carbocycles. The minimum Gasteiger partial charge on any atom is -0.302 e. The standard InChI is InChI=1S/C13H13N5O7S2/c19-11(15-13-14-8-12(26-13)18(22)23)2-1-7-16(27(24)25)9-3-5-10(6-4-9)17(20)21/h3-6,8H,1-2,7H2,(H,24,25)(H,14,15,19). The van der Waals surface area contributed by atoms with Crippen molar-refractivity contribution < 1.29 is 23.4 Å². The second-order valence-electron chi connectivity index (χ2n) is 5.02. The maximum Gasteiger partial charge on any atom is 0.345 e. The lowest BCUT2D eigenvalue weighted by Crippen LogP contribution is -2.27. The normalized spacial score (nSPS) is 11.6. The summed E-state index contributed by atoms with van der Waals surface area (Å²) in [6.45, 7) is 0.0341. The van der Waals surface area contributed by atoms with Gasteiger partial charge in [-0.2, -0.15) is 0 Å². The van der Waals surface area contributed by atoms with Crippen molar-refractivity contribution >= 4 is 50.0 Å². The van der Waals surface area contributed by atoms with E-state index in [-0.39, 0.29) is 40.9 Å². The van der Waals surface area contributed by atoms with E-state index in [0.717, 1.165) is 21.8 Å². The van der Waals surface area contributed by atoms with Crippen molar-refractivity contribution in [3.8, 4) is 0 Å². The number of amides is 1. The molecule has 2 rings (SSSR count). The fourth-order valence-electron chi connectivity index (χ4n) is 2.01. The Morgan fingerprint density at radius 1 is 1.26 bits per heavy atom. The summed E-state index contributed by atoms with van der Waals surface area (Å²) in [6, 6.07) is 5.08. The van der Waals surface area contributed by atoms with Crippen LogP contribution >= 0.6 is 11.3 Å². The number of carbonyl (C=O) groups is 1. The Hall–Kier alpha value is -2.97. The van der Waals surface area contributed by atoms with E-state index < -0.39 is 27.0 Å². The van der Waals surface area contributed by atoms with Crippen LogP contribution < -0.4 is 9.62 Å². The first-order chi connectivity index (χ1) is 12.8. The van der Waals surface area contributed by atoms with E-state index in [4.69, 9.17) is 0 Å². The molecule has 27 heavy (non-hydrogen) atoms. The third-order valence-corrected chi connectivity index (χ3v) is 4.86. The van der Waals surface area contributed by atoms with E-state index in [9.17, 15) is 33.8 Å². The first-order valence-corrected chi connectivity index (χ1v) is 9.19. The topological polar surface area (TPSA) is 169 Å². The number of thiazole rings is 1. The van der Waals surface area contributed by atoms with Crippen molar-refractivity contribution in [3.63, 3.8) is 0 Å². The first-order valence-electron chi connectivity index (χ1n) is 7.31. The number of aromatic nitrogens is 1. The largest absolute Gasteiger partial charge is 0.345 e. The number of nitrogens with zero attached hydrogens (tertiary/aromatic N) is 4. The highest BCUT2D eigenvalue weighted by molar-refractivity contribution is 7.80. The smallest absolute Gasteiger partial charge is 0.302 e. The number of nitrogens with one attached hydrogen (secondary N) is 1. The van der Waals surface area contributed by atoms with Crippen LogP contribution in [0.4, 0.5) is 21.5 Å². The summed E-state index contributed by atoms with van der Waals surface area (Å²) >= 11 is -1.66. The Morgan fingerprint density at radius 3 is 2.44 bits per heavy atom. The van der Waals surface area contributed by atoms with Gasteiger partial charge in [0.25, 0.3) is 17.0 Å². The molecule has 1 unspecified atom stereocenters. The fraction of sp³-hybridized carbons (Fsp3) is 0.231. The number of rotatable bonds is 9. The zero-order chi connectivity index (χ0) is 20.0. The highest BCUT2D eigenvalue weighted by Gasteiger charge is 2.16. The lowest BCUT2D eigenvalue weighted by molar-refractivity contribution is -0.384. The van der Waals surface area contributed by atoms with E-state index in [1.54, 1.807) is 0 Å². The first kappa shape index (κ1) is 20.3. The number of benzene rings is 1. The van der Waals surface area contributed by atoms with Crippen molar-refractivity contribution in [2.45, 2.75) is 12.8 Å². The molecule has 2 N–H and O–H groups in total. The van der Waals surface area contributed by atoms with Crippen LogP contribution in [-0.2, 0) is 16.1 Å². The van der Waals surface area contributed by atoms with Crippen LogP contribution in [0.25, 0.3) is 0 Å². The number of non-ortho nitro benzene ring substituents is 1. The summed E-state index contributed by atoms with van der Waals surface area (Å²) in [5.74, 6) is -0.452. The van der Waals surface area contributed by atoms with Gasteiger partial charge in [0.05, 0.1) is 15.5 Å². The molecule has 2 aromatic rings. The zero-order valence-electron chi connectivity index (χ0n) is 13.5. The predicted octanol–water partition coefficient (Wildman–Crippen LogP) is 2.32. The molecule has 12 nitrogen and oxygen atoms in total. The van der Waals surface area contributed by atoms with Gasteiger partial charge in [-0.25, -0.2) is 9.19 Å². The molecule has 0 bridgehead atoms. The summed E-state index contributed by atoms with van der Waals surface area (Å²) in [7, 11) is 0. The summed E-state index contributed by atoms with van der Waals surface area (Å²) in [5.41, 5.74) is 0.136. The molecular formula is C13H13N5O7S2. The molecule has 0 aliphatic rings. The second kappa shape index (κ2) is 9.11. The second-order valence-corrected chi connectivity index (χ2v) is 6.93. The SMILES string of the molecule is O=C(CCCN(c1ccc([N+](=O)[O-])cc1)S(=O)O)Nc1ncc([N+](=O)[O-])s1. The van der Waals surface area contributed by atoms with Crippen molar-refractivity contribution in [3.05, 3.63) is 50.7 Å². The molecule has 0 radical (unpaired) electrons. The van der Waals surface area contributed by atoms with Crippen LogP contribution in [-0.4, -0.2) is 36.0 Å². The van der Waals surface area contributed by atoms with Gasteiger partial charge in [-0.1, -0.05) is 0 Å². The van der Waals surface area contributed by atoms with Gasteiger partial charge in [-0.3, -0.25) is 33.9 Å². The summed E-state index contributed by atoms with van der Waals surface area (Å²) in [6.07, 6.45) is 1.21. The summed E-state index contributed by atoms with van der Waals surface area (Å²) < 4.78 is 21.9. The number of hydrogen-bond donors (Lipinski definition) is 2.